The van der Waals surface area contributed by atoms with Crippen molar-refractivity contribution in [2.24, 2.45) is 0 Å². The molecule has 0 radical (unpaired) electrons. The van der Waals surface area contributed by atoms with Crippen molar-refractivity contribution in [1.29, 1.82) is 0 Å². The van der Waals surface area contributed by atoms with Gasteiger partial charge in [-0.3, -0.25) is 0 Å². The highest BCUT2D eigenvalue weighted by Crippen LogP contribution is 2.37. The van der Waals surface area contributed by atoms with Crippen molar-refractivity contribution in [3.05, 3.63) is 41.0 Å². The molecule has 0 aliphatic heterocycles. The Morgan fingerprint density at radius 2 is 1.82 bits per heavy atom. The maximum Gasteiger partial charge on any atom is 0.534 e. The van der Waals surface area contributed by atoms with Gasteiger partial charge in [0.1, 0.15) is 0 Å². The molecule has 1 aromatic carbocycles. The molecule has 1 aliphatic rings. The van der Waals surface area contributed by atoms with Gasteiger partial charge in [0, 0.05) is 5.56 Å². The number of carbonyl (C=O) groups excluding carboxylic acids is 1. The second-order valence-corrected chi connectivity index (χ2v) is 5.98. The summed E-state index contributed by atoms with van der Waals surface area (Å²) in [6.45, 7) is 0. The molecule has 2 rings (SSSR count). The molecule has 0 saturated carbocycles. The van der Waals surface area contributed by atoms with Crippen molar-refractivity contribution in [2.75, 3.05) is 7.11 Å². The van der Waals surface area contributed by atoms with Crippen LogP contribution in [0.4, 0.5) is 13.2 Å². The zero-order valence-corrected chi connectivity index (χ0v) is 12.1. The largest absolute Gasteiger partial charge is 0.534 e. The summed E-state index contributed by atoms with van der Waals surface area (Å²) in [5.74, 6) is -1.56. The molecule has 0 amide bonds. The van der Waals surface area contributed by atoms with Crippen molar-refractivity contribution < 1.29 is 35.3 Å². The van der Waals surface area contributed by atoms with E-state index in [1.54, 1.807) is 12.1 Å². The van der Waals surface area contributed by atoms with Gasteiger partial charge in [0.05, 0.1) is 12.7 Å². The van der Waals surface area contributed by atoms with E-state index in [1.165, 1.54) is 12.1 Å². The fourth-order valence-electron chi connectivity index (χ4n) is 2.07. The molecule has 0 spiro atoms. The van der Waals surface area contributed by atoms with E-state index >= 15 is 0 Å². The van der Waals surface area contributed by atoms with E-state index in [4.69, 9.17) is 0 Å². The highest BCUT2D eigenvalue weighted by molar-refractivity contribution is 7.87. The number of hydrogen-bond donors (Lipinski definition) is 0. The molecule has 9 heteroatoms. The molecule has 0 unspecified atom stereocenters. The second kappa shape index (κ2) is 5.64. The number of benzene rings is 1. The van der Waals surface area contributed by atoms with Gasteiger partial charge in [0.25, 0.3) is 0 Å². The summed E-state index contributed by atoms with van der Waals surface area (Å²) in [7, 11) is -4.83. The molecule has 0 N–H and O–H groups in total. The van der Waals surface area contributed by atoms with Gasteiger partial charge >= 0.3 is 21.6 Å². The number of halogens is 3. The Morgan fingerprint density at radius 1 is 1.18 bits per heavy atom. The Labute approximate surface area is 124 Å². The molecule has 1 aromatic rings. The van der Waals surface area contributed by atoms with E-state index in [2.05, 4.69) is 8.92 Å². The molecule has 5 nitrogen and oxygen atoms in total. The SMILES string of the molecule is COC(=O)C1=C(OS(=O)(=O)C(F)(F)F)c2ccccc2CC1. The molecule has 0 bridgehead atoms. The van der Waals surface area contributed by atoms with E-state index in [0.29, 0.717) is 12.0 Å². The molecule has 0 saturated heterocycles. The molecular formula is C13H11F3O5S. The summed E-state index contributed by atoms with van der Waals surface area (Å²) >= 11 is 0. The van der Waals surface area contributed by atoms with Gasteiger partial charge in [-0.25, -0.2) is 4.79 Å². The predicted molar refractivity (Wildman–Crippen MR) is 69.8 cm³/mol. The fourth-order valence-corrected chi connectivity index (χ4v) is 2.57. The van der Waals surface area contributed by atoms with Crippen LogP contribution < -0.4 is 0 Å². The lowest BCUT2D eigenvalue weighted by molar-refractivity contribution is -0.136. The summed E-state index contributed by atoms with van der Waals surface area (Å²) in [6, 6.07) is 6.16. The fraction of sp³-hybridized carbons (Fsp3) is 0.308. The van der Waals surface area contributed by atoms with Crippen molar-refractivity contribution in [3.63, 3.8) is 0 Å². The molecular weight excluding hydrogens is 325 g/mol. The predicted octanol–water partition coefficient (Wildman–Crippen LogP) is 2.38. The summed E-state index contributed by atoms with van der Waals surface area (Å²) in [5, 5.41) is 0. The van der Waals surface area contributed by atoms with E-state index in [0.717, 1.165) is 7.11 Å². The van der Waals surface area contributed by atoms with E-state index < -0.39 is 27.4 Å². The van der Waals surface area contributed by atoms with Crippen molar-refractivity contribution in [1.82, 2.24) is 0 Å². The maximum absolute atomic E-state index is 12.5. The lowest BCUT2D eigenvalue weighted by Crippen LogP contribution is -2.27. The van der Waals surface area contributed by atoms with Gasteiger partial charge in [-0.1, -0.05) is 24.3 Å². The third-order valence-corrected chi connectivity index (χ3v) is 4.04. The smallest absolute Gasteiger partial charge is 0.466 e. The zero-order chi connectivity index (χ0) is 16.5. The number of fused-ring (bicyclic) bond motifs is 1. The number of ether oxygens (including phenoxy) is 1. The Kier molecular flexibility index (Phi) is 4.19. The van der Waals surface area contributed by atoms with Gasteiger partial charge in [0.2, 0.25) is 0 Å². The standard InChI is InChI=1S/C13H11F3O5S/c1-20-12(17)10-7-6-8-4-2-3-5-9(8)11(10)21-22(18,19)13(14,15)16/h2-5H,6-7H2,1H3. The summed E-state index contributed by atoms with van der Waals surface area (Å²) < 4.78 is 68.8. The number of alkyl halides is 3. The Morgan fingerprint density at radius 3 is 2.41 bits per heavy atom. The summed E-state index contributed by atoms with van der Waals surface area (Å²) in [4.78, 5) is 11.7. The third-order valence-electron chi connectivity index (χ3n) is 3.09. The number of rotatable bonds is 3. The average molecular weight is 336 g/mol. The van der Waals surface area contributed by atoms with E-state index in [-0.39, 0.29) is 17.6 Å². The minimum absolute atomic E-state index is 0.0202. The Balaban J connectivity index is 2.59. The van der Waals surface area contributed by atoms with Gasteiger partial charge in [-0.15, -0.1) is 0 Å². The number of carbonyl (C=O) groups is 1. The minimum Gasteiger partial charge on any atom is -0.466 e. The van der Waals surface area contributed by atoms with Crippen molar-refractivity contribution in [3.8, 4) is 0 Å². The molecule has 1 aliphatic carbocycles. The topological polar surface area (TPSA) is 69.7 Å². The Hall–Kier alpha value is -2.03. The van der Waals surface area contributed by atoms with Crippen molar-refractivity contribution >= 4 is 21.8 Å². The first-order chi connectivity index (χ1) is 10.2. The monoisotopic (exact) mass is 336 g/mol. The number of methoxy groups -OCH3 is 1. The minimum atomic E-state index is -5.88. The van der Waals surface area contributed by atoms with Gasteiger partial charge in [0.15, 0.2) is 5.76 Å². The first kappa shape index (κ1) is 16.3. The van der Waals surface area contributed by atoms with Gasteiger partial charge < -0.3 is 8.92 Å². The van der Waals surface area contributed by atoms with E-state index in [9.17, 15) is 26.4 Å². The van der Waals surface area contributed by atoms with Crippen LogP contribution in [0.1, 0.15) is 17.5 Å². The average Bonchev–Trinajstić information content (AvgIpc) is 2.45. The quantitative estimate of drug-likeness (QED) is 0.481. The lowest BCUT2D eigenvalue weighted by Gasteiger charge is -2.22. The highest BCUT2D eigenvalue weighted by Gasteiger charge is 2.49. The first-order valence-corrected chi connectivity index (χ1v) is 7.48. The maximum atomic E-state index is 12.5. The second-order valence-electron chi connectivity index (χ2n) is 4.44. The van der Waals surface area contributed by atoms with Crippen LogP contribution >= 0.6 is 0 Å². The van der Waals surface area contributed by atoms with Crippen LogP contribution in [0.5, 0.6) is 0 Å². The van der Waals surface area contributed by atoms with Crippen LogP contribution in [-0.2, 0) is 30.3 Å². The molecule has 0 heterocycles. The van der Waals surface area contributed by atoms with E-state index in [1.807, 2.05) is 0 Å². The molecule has 0 aromatic heterocycles. The number of hydrogen-bond acceptors (Lipinski definition) is 5. The first-order valence-electron chi connectivity index (χ1n) is 6.08. The Bertz CT molecular complexity index is 734. The lowest BCUT2D eigenvalue weighted by atomic mass is 9.91. The van der Waals surface area contributed by atoms with Crippen LogP contribution in [0, 0.1) is 0 Å². The summed E-state index contributed by atoms with van der Waals surface area (Å²) in [5.41, 5.74) is -5.12. The van der Waals surface area contributed by atoms with Gasteiger partial charge in [-0.2, -0.15) is 21.6 Å². The molecule has 120 valence electrons. The van der Waals surface area contributed by atoms with Crippen LogP contribution in [-0.4, -0.2) is 27.0 Å². The molecule has 22 heavy (non-hydrogen) atoms. The van der Waals surface area contributed by atoms with Crippen molar-refractivity contribution in [2.45, 2.75) is 18.3 Å². The number of aryl methyl sites for hydroxylation is 1. The highest BCUT2D eigenvalue weighted by atomic mass is 32.2. The van der Waals surface area contributed by atoms with Gasteiger partial charge in [-0.05, 0) is 18.4 Å². The molecule has 0 atom stereocenters. The van der Waals surface area contributed by atoms with Crippen LogP contribution in [0.2, 0.25) is 0 Å². The van der Waals surface area contributed by atoms with Crippen LogP contribution in [0.3, 0.4) is 0 Å². The van der Waals surface area contributed by atoms with Crippen LogP contribution in [0.15, 0.2) is 29.8 Å². The third kappa shape index (κ3) is 2.94. The number of esters is 1. The normalized spacial score (nSPS) is 15.3. The van der Waals surface area contributed by atoms with Crippen LogP contribution in [0.25, 0.3) is 5.76 Å². The molecule has 0 fully saturated rings. The summed E-state index contributed by atoms with van der Waals surface area (Å²) in [6.07, 6.45) is 0.381. The zero-order valence-electron chi connectivity index (χ0n) is 11.3.